The Morgan fingerprint density at radius 3 is 1.67 bits per heavy atom. The molecule has 2 nitrogen and oxygen atoms in total. The van der Waals surface area contributed by atoms with Gasteiger partial charge in [-0.3, -0.25) is 0 Å². The standard InChI is InChI=1S/C25H24N2/c1-20-24(17-21-11-5-2-6-12-21)26-25(18-22-13-7-3-8-14-22)27(20)19-23-15-9-4-10-16-23/h2-16H,17-19H2,1H3. The molecule has 0 amide bonds. The van der Waals surface area contributed by atoms with E-state index in [2.05, 4.69) is 102 Å². The fraction of sp³-hybridized carbons (Fsp3) is 0.160. The summed E-state index contributed by atoms with van der Waals surface area (Å²) in [6.45, 7) is 3.05. The molecule has 0 atom stereocenters. The molecule has 0 aliphatic carbocycles. The first-order valence-corrected chi connectivity index (χ1v) is 9.46. The normalized spacial score (nSPS) is 10.9. The van der Waals surface area contributed by atoms with Crippen LogP contribution in [0.4, 0.5) is 0 Å². The number of hydrogen-bond donors (Lipinski definition) is 0. The molecule has 0 fully saturated rings. The lowest BCUT2D eigenvalue weighted by Crippen LogP contribution is -2.07. The second-order valence-electron chi connectivity index (χ2n) is 6.96. The zero-order valence-electron chi connectivity index (χ0n) is 15.7. The van der Waals surface area contributed by atoms with E-state index >= 15 is 0 Å². The summed E-state index contributed by atoms with van der Waals surface area (Å²) in [7, 11) is 0. The minimum absolute atomic E-state index is 0.850. The summed E-state index contributed by atoms with van der Waals surface area (Å²) < 4.78 is 2.38. The van der Waals surface area contributed by atoms with Crippen LogP contribution in [-0.2, 0) is 19.4 Å². The van der Waals surface area contributed by atoms with Gasteiger partial charge in [0.15, 0.2) is 0 Å². The molecule has 1 heterocycles. The van der Waals surface area contributed by atoms with Crippen LogP contribution in [0.25, 0.3) is 0 Å². The van der Waals surface area contributed by atoms with E-state index < -0.39 is 0 Å². The topological polar surface area (TPSA) is 17.8 Å². The quantitative estimate of drug-likeness (QED) is 0.453. The lowest BCUT2D eigenvalue weighted by Gasteiger charge is -2.11. The van der Waals surface area contributed by atoms with Gasteiger partial charge in [-0.05, 0) is 23.6 Å². The van der Waals surface area contributed by atoms with Crippen LogP contribution in [0.15, 0.2) is 91.0 Å². The van der Waals surface area contributed by atoms with Crippen molar-refractivity contribution in [3.8, 4) is 0 Å². The van der Waals surface area contributed by atoms with Crippen molar-refractivity contribution < 1.29 is 0 Å². The third-order valence-corrected chi connectivity index (χ3v) is 5.00. The van der Waals surface area contributed by atoms with Crippen LogP contribution in [0, 0.1) is 6.92 Å². The van der Waals surface area contributed by atoms with Crippen molar-refractivity contribution in [2.45, 2.75) is 26.3 Å². The van der Waals surface area contributed by atoms with E-state index in [1.807, 2.05) is 0 Å². The Bertz CT molecular complexity index is 987. The van der Waals surface area contributed by atoms with E-state index in [4.69, 9.17) is 4.98 Å². The second-order valence-corrected chi connectivity index (χ2v) is 6.96. The molecule has 0 aliphatic heterocycles. The molecular weight excluding hydrogens is 328 g/mol. The van der Waals surface area contributed by atoms with Crippen molar-refractivity contribution in [2.24, 2.45) is 0 Å². The lowest BCUT2D eigenvalue weighted by molar-refractivity contribution is 0.719. The molecule has 3 aromatic carbocycles. The molecule has 0 radical (unpaired) electrons. The van der Waals surface area contributed by atoms with Gasteiger partial charge in [0.25, 0.3) is 0 Å². The third-order valence-electron chi connectivity index (χ3n) is 5.00. The third kappa shape index (κ3) is 4.17. The van der Waals surface area contributed by atoms with Crippen molar-refractivity contribution in [2.75, 3.05) is 0 Å². The van der Waals surface area contributed by atoms with Gasteiger partial charge in [0.05, 0.1) is 5.69 Å². The summed E-state index contributed by atoms with van der Waals surface area (Å²) in [5, 5.41) is 0. The summed E-state index contributed by atoms with van der Waals surface area (Å²) in [5.74, 6) is 1.13. The van der Waals surface area contributed by atoms with Gasteiger partial charge in [0.2, 0.25) is 0 Å². The van der Waals surface area contributed by atoms with Crippen LogP contribution in [0.5, 0.6) is 0 Å². The average Bonchev–Trinajstić information content (AvgIpc) is 2.99. The van der Waals surface area contributed by atoms with Crippen LogP contribution in [0.1, 0.15) is 33.9 Å². The molecule has 2 heteroatoms. The zero-order chi connectivity index (χ0) is 18.5. The van der Waals surface area contributed by atoms with Crippen LogP contribution in [-0.4, -0.2) is 9.55 Å². The van der Waals surface area contributed by atoms with Gasteiger partial charge in [-0.2, -0.15) is 0 Å². The number of benzene rings is 3. The van der Waals surface area contributed by atoms with E-state index in [-0.39, 0.29) is 0 Å². The van der Waals surface area contributed by atoms with Crippen LogP contribution in [0.2, 0.25) is 0 Å². The lowest BCUT2D eigenvalue weighted by atomic mass is 10.1. The first kappa shape index (κ1) is 17.3. The smallest absolute Gasteiger partial charge is 0.113 e. The van der Waals surface area contributed by atoms with Gasteiger partial charge in [-0.1, -0.05) is 91.0 Å². The highest BCUT2D eigenvalue weighted by molar-refractivity contribution is 5.29. The summed E-state index contributed by atoms with van der Waals surface area (Å²) in [5.41, 5.74) is 6.33. The van der Waals surface area contributed by atoms with Crippen molar-refractivity contribution in [1.82, 2.24) is 9.55 Å². The highest BCUT2D eigenvalue weighted by Gasteiger charge is 2.15. The number of hydrogen-bond acceptors (Lipinski definition) is 1. The number of rotatable bonds is 6. The van der Waals surface area contributed by atoms with Crippen molar-refractivity contribution in [1.29, 1.82) is 0 Å². The molecule has 0 saturated heterocycles. The summed E-state index contributed by atoms with van der Waals surface area (Å²) in [6.07, 6.45) is 1.72. The fourth-order valence-corrected chi connectivity index (χ4v) is 3.49. The Morgan fingerprint density at radius 2 is 1.11 bits per heavy atom. The Kier molecular flexibility index (Phi) is 5.15. The Labute approximate surface area is 161 Å². The molecule has 4 aromatic rings. The van der Waals surface area contributed by atoms with Crippen molar-refractivity contribution in [3.05, 3.63) is 125 Å². The maximum absolute atomic E-state index is 5.06. The predicted octanol–water partition coefficient (Wildman–Crippen LogP) is 5.42. The molecule has 0 N–H and O–H groups in total. The molecule has 27 heavy (non-hydrogen) atoms. The predicted molar refractivity (Wildman–Crippen MR) is 111 cm³/mol. The van der Waals surface area contributed by atoms with Crippen LogP contribution in [0.3, 0.4) is 0 Å². The van der Waals surface area contributed by atoms with Crippen molar-refractivity contribution in [3.63, 3.8) is 0 Å². The minimum Gasteiger partial charge on any atom is -0.327 e. The maximum Gasteiger partial charge on any atom is 0.113 e. The molecule has 0 aliphatic rings. The highest BCUT2D eigenvalue weighted by atomic mass is 15.1. The van der Waals surface area contributed by atoms with Gasteiger partial charge in [0, 0.05) is 25.1 Å². The van der Waals surface area contributed by atoms with E-state index in [1.165, 1.54) is 28.1 Å². The van der Waals surface area contributed by atoms with E-state index in [0.717, 1.165) is 25.2 Å². The SMILES string of the molecule is Cc1c(Cc2ccccc2)nc(Cc2ccccc2)n1Cc1ccccc1. The molecule has 4 rings (SSSR count). The molecular formula is C25H24N2. The zero-order valence-corrected chi connectivity index (χ0v) is 15.7. The first-order chi connectivity index (χ1) is 13.3. The first-order valence-electron chi connectivity index (χ1n) is 9.46. The van der Waals surface area contributed by atoms with Gasteiger partial charge in [0.1, 0.15) is 5.82 Å². The summed E-state index contributed by atoms with van der Waals surface area (Å²) >= 11 is 0. The van der Waals surface area contributed by atoms with E-state index in [0.29, 0.717) is 0 Å². The van der Waals surface area contributed by atoms with Crippen LogP contribution < -0.4 is 0 Å². The van der Waals surface area contributed by atoms with Gasteiger partial charge in [-0.25, -0.2) is 4.98 Å². The average molecular weight is 352 g/mol. The van der Waals surface area contributed by atoms with Crippen molar-refractivity contribution >= 4 is 0 Å². The Balaban J connectivity index is 1.69. The van der Waals surface area contributed by atoms with E-state index in [1.54, 1.807) is 0 Å². The number of aromatic nitrogens is 2. The van der Waals surface area contributed by atoms with E-state index in [9.17, 15) is 0 Å². The highest BCUT2D eigenvalue weighted by Crippen LogP contribution is 2.20. The largest absolute Gasteiger partial charge is 0.327 e. The van der Waals surface area contributed by atoms with Gasteiger partial charge >= 0.3 is 0 Å². The number of nitrogens with zero attached hydrogens (tertiary/aromatic N) is 2. The second kappa shape index (κ2) is 8.05. The molecule has 0 saturated carbocycles. The molecule has 0 bridgehead atoms. The maximum atomic E-state index is 5.06. The van der Waals surface area contributed by atoms with Gasteiger partial charge < -0.3 is 4.57 Å². The molecule has 0 unspecified atom stereocenters. The fourth-order valence-electron chi connectivity index (χ4n) is 3.49. The Morgan fingerprint density at radius 1 is 0.630 bits per heavy atom. The molecule has 134 valence electrons. The summed E-state index contributed by atoms with van der Waals surface area (Å²) in [4.78, 5) is 5.06. The molecule has 1 aromatic heterocycles. The minimum atomic E-state index is 0.850. The monoisotopic (exact) mass is 352 g/mol. The molecule has 0 spiro atoms. The Hall–Kier alpha value is -3.13. The van der Waals surface area contributed by atoms with Gasteiger partial charge in [-0.15, -0.1) is 0 Å². The number of imidazole rings is 1. The van der Waals surface area contributed by atoms with Crippen LogP contribution >= 0.6 is 0 Å². The summed E-state index contributed by atoms with van der Waals surface area (Å²) in [6, 6.07) is 31.8.